The van der Waals surface area contributed by atoms with Crippen LogP contribution in [-0.2, 0) is 15.6 Å². The highest BCUT2D eigenvalue weighted by Gasteiger charge is 2.31. The number of hydrogen-bond acceptors (Lipinski definition) is 5. The Morgan fingerprint density at radius 2 is 2.13 bits per heavy atom. The average Bonchev–Trinajstić information content (AvgIpc) is 3.10. The van der Waals surface area contributed by atoms with Gasteiger partial charge in [0.25, 0.3) is 5.91 Å². The van der Waals surface area contributed by atoms with E-state index in [1.54, 1.807) is 4.90 Å². The molecule has 0 unspecified atom stereocenters. The molecule has 0 bridgehead atoms. The Morgan fingerprint density at radius 1 is 1.39 bits per heavy atom. The van der Waals surface area contributed by atoms with Gasteiger partial charge in [-0.1, -0.05) is 18.2 Å². The summed E-state index contributed by atoms with van der Waals surface area (Å²) in [6.45, 7) is 1.13. The normalized spacial score (nSPS) is 18.7. The minimum atomic E-state index is -3.23. The molecule has 1 fully saturated rings. The van der Waals surface area contributed by atoms with Crippen LogP contribution in [-0.4, -0.2) is 44.6 Å². The van der Waals surface area contributed by atoms with Gasteiger partial charge in [-0.3, -0.25) is 4.79 Å². The number of fused-ring (bicyclic) bond motifs is 1. The molecule has 1 atom stereocenters. The fraction of sp³-hybridized carbons (Fsp3) is 0.438. The molecule has 1 aliphatic heterocycles. The van der Waals surface area contributed by atoms with Crippen molar-refractivity contribution in [1.29, 1.82) is 0 Å². The maximum absolute atomic E-state index is 13.0. The van der Waals surface area contributed by atoms with Gasteiger partial charge in [0.05, 0.1) is 10.6 Å². The number of carbonyl (C=O) groups excluding carboxylic acids is 1. The van der Waals surface area contributed by atoms with Gasteiger partial charge in [0.2, 0.25) is 0 Å². The molecule has 0 saturated carbocycles. The second kappa shape index (κ2) is 6.22. The lowest BCUT2D eigenvalue weighted by atomic mass is 10.1. The Kier molecular flexibility index (Phi) is 4.44. The molecule has 5 nitrogen and oxygen atoms in total. The summed E-state index contributed by atoms with van der Waals surface area (Å²) in [6, 6.07) is 7.63. The third-order valence-corrected chi connectivity index (χ3v) is 6.22. The van der Waals surface area contributed by atoms with Gasteiger partial charge in [-0.2, -0.15) is 0 Å². The minimum Gasteiger partial charge on any atom is -0.334 e. The van der Waals surface area contributed by atoms with E-state index in [-0.39, 0.29) is 17.7 Å². The van der Waals surface area contributed by atoms with E-state index in [1.165, 1.54) is 17.6 Å². The molecule has 1 aromatic carbocycles. The largest absolute Gasteiger partial charge is 0.334 e. The van der Waals surface area contributed by atoms with Gasteiger partial charge < -0.3 is 10.6 Å². The summed E-state index contributed by atoms with van der Waals surface area (Å²) in [5, 5.41) is 0.856. The van der Waals surface area contributed by atoms with Crippen molar-refractivity contribution in [2.45, 2.75) is 24.6 Å². The first-order valence-corrected chi connectivity index (χ1v) is 10.5. The summed E-state index contributed by atoms with van der Waals surface area (Å²) in [5.74, 6) is -0.197. The molecular formula is C16H20N2O3S2. The Bertz CT molecular complexity index is 842. The molecule has 2 aromatic rings. The first kappa shape index (κ1) is 16.4. The van der Waals surface area contributed by atoms with E-state index in [0.717, 1.165) is 22.9 Å². The Hall–Kier alpha value is -1.44. The zero-order chi connectivity index (χ0) is 16.6. The number of sulfone groups is 1. The van der Waals surface area contributed by atoms with Crippen LogP contribution in [0.15, 0.2) is 24.3 Å². The summed E-state index contributed by atoms with van der Waals surface area (Å²) < 4.78 is 24.6. The van der Waals surface area contributed by atoms with Crippen molar-refractivity contribution in [1.82, 2.24) is 4.90 Å². The lowest BCUT2D eigenvalue weighted by Crippen LogP contribution is -2.39. The monoisotopic (exact) mass is 352 g/mol. The first-order valence-electron chi connectivity index (χ1n) is 7.60. The molecule has 124 valence electrons. The first-order chi connectivity index (χ1) is 10.9. The number of hydrogen-bond donors (Lipinski definition) is 1. The second-order valence-electron chi connectivity index (χ2n) is 6.01. The molecule has 0 aliphatic carbocycles. The number of amides is 1. The summed E-state index contributed by atoms with van der Waals surface area (Å²) in [6.07, 6.45) is 3.06. The zero-order valence-electron chi connectivity index (χ0n) is 13.0. The smallest absolute Gasteiger partial charge is 0.264 e. The van der Waals surface area contributed by atoms with Crippen LogP contribution in [0.4, 0.5) is 0 Å². The van der Waals surface area contributed by atoms with E-state index in [9.17, 15) is 13.2 Å². The van der Waals surface area contributed by atoms with Crippen molar-refractivity contribution in [3.05, 3.63) is 34.7 Å². The minimum absolute atomic E-state index is 0.0544. The quantitative estimate of drug-likeness (QED) is 0.913. The summed E-state index contributed by atoms with van der Waals surface area (Å²) in [4.78, 5) is 15.3. The van der Waals surface area contributed by atoms with Gasteiger partial charge in [-0.25, -0.2) is 8.42 Å². The molecule has 1 aromatic heterocycles. The molecule has 2 N–H and O–H groups in total. The highest BCUT2D eigenvalue weighted by Crippen LogP contribution is 2.34. The number of likely N-dealkylation sites (tertiary alicyclic amines) is 1. The predicted molar refractivity (Wildman–Crippen MR) is 93.5 cm³/mol. The Balaban J connectivity index is 2.09. The lowest BCUT2D eigenvalue weighted by molar-refractivity contribution is 0.0745. The number of carbonyl (C=O) groups is 1. The van der Waals surface area contributed by atoms with Gasteiger partial charge in [0, 0.05) is 30.1 Å². The van der Waals surface area contributed by atoms with Gasteiger partial charge in [-0.05, 0) is 29.9 Å². The molecule has 2 heterocycles. The molecular weight excluding hydrogens is 332 g/mol. The Morgan fingerprint density at radius 3 is 2.83 bits per heavy atom. The van der Waals surface area contributed by atoms with E-state index in [4.69, 9.17) is 5.73 Å². The van der Waals surface area contributed by atoms with Crippen molar-refractivity contribution in [2.75, 3.05) is 19.3 Å². The number of thiophene rings is 1. The maximum Gasteiger partial charge on any atom is 0.264 e. The molecule has 7 heteroatoms. The average molecular weight is 352 g/mol. The number of nitrogens with two attached hydrogens (primary N) is 1. The van der Waals surface area contributed by atoms with Crippen LogP contribution in [0.2, 0.25) is 0 Å². The SMILES string of the molecule is CS(=O)(=O)Cc1c(C(=O)N2CCC[C@@H]2CN)sc2ccccc12. The summed E-state index contributed by atoms with van der Waals surface area (Å²) in [7, 11) is -3.23. The van der Waals surface area contributed by atoms with Crippen LogP contribution in [0, 0.1) is 0 Å². The summed E-state index contributed by atoms with van der Waals surface area (Å²) in [5.41, 5.74) is 6.39. The van der Waals surface area contributed by atoms with Crippen molar-refractivity contribution in [3.63, 3.8) is 0 Å². The fourth-order valence-electron chi connectivity index (χ4n) is 3.16. The highest BCUT2D eigenvalue weighted by atomic mass is 32.2. The van der Waals surface area contributed by atoms with Gasteiger partial charge >= 0.3 is 0 Å². The zero-order valence-corrected chi connectivity index (χ0v) is 14.6. The van der Waals surface area contributed by atoms with Crippen LogP contribution in [0.25, 0.3) is 10.1 Å². The highest BCUT2D eigenvalue weighted by molar-refractivity contribution is 7.89. The van der Waals surface area contributed by atoms with Gasteiger partial charge in [0.1, 0.15) is 0 Å². The molecule has 1 amide bonds. The van der Waals surface area contributed by atoms with Crippen LogP contribution in [0.1, 0.15) is 28.1 Å². The third-order valence-electron chi connectivity index (χ3n) is 4.21. The standard InChI is InChI=1S/C16H20N2O3S2/c1-23(20,21)10-13-12-6-2-3-7-14(12)22-15(13)16(19)18-8-4-5-11(18)9-17/h2-3,6-7,11H,4-5,8-10,17H2,1H3/t11-/m1/s1. The fourth-order valence-corrected chi connectivity index (χ4v) is 5.25. The van der Waals surface area contributed by atoms with Gasteiger partial charge in [-0.15, -0.1) is 11.3 Å². The number of nitrogens with zero attached hydrogens (tertiary/aromatic N) is 1. The van der Waals surface area contributed by atoms with Crippen LogP contribution in [0.5, 0.6) is 0 Å². The van der Waals surface area contributed by atoms with Crippen LogP contribution < -0.4 is 5.73 Å². The van der Waals surface area contributed by atoms with Crippen molar-refractivity contribution >= 4 is 37.2 Å². The van der Waals surface area contributed by atoms with E-state index >= 15 is 0 Å². The van der Waals surface area contributed by atoms with Crippen molar-refractivity contribution < 1.29 is 13.2 Å². The molecule has 3 rings (SSSR count). The molecule has 23 heavy (non-hydrogen) atoms. The topological polar surface area (TPSA) is 80.5 Å². The molecule has 0 spiro atoms. The van der Waals surface area contributed by atoms with Gasteiger partial charge in [0.15, 0.2) is 9.84 Å². The summed E-state index contributed by atoms with van der Waals surface area (Å²) >= 11 is 1.38. The van der Waals surface area contributed by atoms with Crippen LogP contribution in [0.3, 0.4) is 0 Å². The maximum atomic E-state index is 13.0. The van der Waals surface area contributed by atoms with Crippen molar-refractivity contribution in [2.24, 2.45) is 5.73 Å². The predicted octanol–water partition coefficient (Wildman–Crippen LogP) is 2.01. The van der Waals surface area contributed by atoms with Crippen LogP contribution >= 0.6 is 11.3 Å². The molecule has 0 radical (unpaired) electrons. The van der Waals surface area contributed by atoms with E-state index in [2.05, 4.69) is 0 Å². The second-order valence-corrected chi connectivity index (χ2v) is 9.20. The number of benzene rings is 1. The number of rotatable bonds is 4. The third kappa shape index (κ3) is 3.27. The lowest BCUT2D eigenvalue weighted by Gasteiger charge is -2.23. The van der Waals surface area contributed by atoms with E-state index in [0.29, 0.717) is 23.5 Å². The van der Waals surface area contributed by atoms with Crippen molar-refractivity contribution in [3.8, 4) is 0 Å². The Labute approximate surface area is 140 Å². The molecule has 1 saturated heterocycles. The van der Waals surface area contributed by atoms with E-state index < -0.39 is 9.84 Å². The van der Waals surface area contributed by atoms with E-state index in [1.807, 2.05) is 24.3 Å². The molecule has 1 aliphatic rings.